The van der Waals surface area contributed by atoms with Crippen molar-refractivity contribution >= 4 is 21.5 Å². The van der Waals surface area contributed by atoms with Crippen LogP contribution in [0.3, 0.4) is 0 Å². The Kier molecular flexibility index (Phi) is 4.13. The van der Waals surface area contributed by atoms with Crippen LogP contribution < -0.4 is 14.2 Å². The van der Waals surface area contributed by atoms with Gasteiger partial charge in [-0.05, 0) is 33.9 Å². The van der Waals surface area contributed by atoms with E-state index in [0.717, 1.165) is 27.3 Å². The summed E-state index contributed by atoms with van der Waals surface area (Å²) in [5, 5.41) is 4.41. The van der Waals surface area contributed by atoms with Gasteiger partial charge in [0.25, 0.3) is 0 Å². The van der Waals surface area contributed by atoms with E-state index in [2.05, 4.69) is 36.4 Å². The summed E-state index contributed by atoms with van der Waals surface area (Å²) in [6.07, 6.45) is 0. The highest BCUT2D eigenvalue weighted by molar-refractivity contribution is 6.11. The number of hydrogen-bond donors (Lipinski definition) is 0. The molecule has 0 bridgehead atoms. The molecule has 0 saturated carbocycles. The number of fused-ring (bicyclic) bond motifs is 2. The van der Waals surface area contributed by atoms with Crippen molar-refractivity contribution in [3.05, 3.63) is 66.7 Å². The van der Waals surface area contributed by atoms with Crippen LogP contribution in [0.15, 0.2) is 66.7 Å². The lowest BCUT2D eigenvalue weighted by atomic mass is 9.93. The molecule has 4 aromatic carbocycles. The topological polar surface area (TPSA) is 27.7 Å². The van der Waals surface area contributed by atoms with Crippen LogP contribution in [0.2, 0.25) is 0 Å². The van der Waals surface area contributed by atoms with Crippen molar-refractivity contribution in [3.8, 4) is 28.4 Å². The van der Waals surface area contributed by atoms with Crippen molar-refractivity contribution in [2.75, 3.05) is 21.3 Å². The number of rotatable bonds is 4. The van der Waals surface area contributed by atoms with Crippen molar-refractivity contribution < 1.29 is 14.2 Å². The SMILES string of the molecule is COc1c(OC)c(-c2ccccc2)c2cc3ccccc3cc2c1OC. The average molecular weight is 344 g/mol. The minimum atomic E-state index is 0.608. The first kappa shape index (κ1) is 16.3. The van der Waals surface area contributed by atoms with E-state index in [-0.39, 0.29) is 0 Å². The predicted octanol–water partition coefficient (Wildman–Crippen LogP) is 5.69. The van der Waals surface area contributed by atoms with Gasteiger partial charge in [0.15, 0.2) is 11.5 Å². The molecule has 0 aliphatic heterocycles. The molecule has 0 aromatic heterocycles. The summed E-state index contributed by atoms with van der Waals surface area (Å²) in [5.41, 5.74) is 2.08. The summed E-state index contributed by atoms with van der Waals surface area (Å²) in [6.45, 7) is 0. The van der Waals surface area contributed by atoms with Gasteiger partial charge in [0.2, 0.25) is 5.75 Å². The van der Waals surface area contributed by atoms with E-state index in [1.807, 2.05) is 30.3 Å². The Labute approximate surface area is 152 Å². The highest BCUT2D eigenvalue weighted by atomic mass is 16.5. The van der Waals surface area contributed by atoms with Crippen LogP contribution in [-0.2, 0) is 0 Å². The number of hydrogen-bond acceptors (Lipinski definition) is 3. The molecule has 0 radical (unpaired) electrons. The molecule has 3 nitrogen and oxygen atoms in total. The van der Waals surface area contributed by atoms with Gasteiger partial charge >= 0.3 is 0 Å². The molecule has 0 amide bonds. The van der Waals surface area contributed by atoms with E-state index in [4.69, 9.17) is 14.2 Å². The monoisotopic (exact) mass is 344 g/mol. The molecule has 0 atom stereocenters. The minimum absolute atomic E-state index is 0.608. The molecule has 0 spiro atoms. The maximum absolute atomic E-state index is 5.78. The first-order valence-corrected chi connectivity index (χ1v) is 8.48. The molecule has 0 aliphatic carbocycles. The van der Waals surface area contributed by atoms with Crippen LogP contribution in [-0.4, -0.2) is 21.3 Å². The maximum Gasteiger partial charge on any atom is 0.204 e. The van der Waals surface area contributed by atoms with Crippen molar-refractivity contribution in [1.82, 2.24) is 0 Å². The van der Waals surface area contributed by atoms with Crippen LogP contribution >= 0.6 is 0 Å². The van der Waals surface area contributed by atoms with Crippen molar-refractivity contribution in [1.29, 1.82) is 0 Å². The van der Waals surface area contributed by atoms with Gasteiger partial charge < -0.3 is 14.2 Å². The normalized spacial score (nSPS) is 10.9. The third-order valence-electron chi connectivity index (χ3n) is 4.71. The van der Waals surface area contributed by atoms with E-state index in [9.17, 15) is 0 Å². The molecule has 26 heavy (non-hydrogen) atoms. The molecule has 0 N–H and O–H groups in total. The van der Waals surface area contributed by atoms with Gasteiger partial charge in [0.1, 0.15) is 0 Å². The van der Waals surface area contributed by atoms with Crippen molar-refractivity contribution in [2.24, 2.45) is 0 Å². The van der Waals surface area contributed by atoms with E-state index in [0.29, 0.717) is 17.2 Å². The van der Waals surface area contributed by atoms with Crippen LogP contribution in [0, 0.1) is 0 Å². The lowest BCUT2D eigenvalue weighted by Crippen LogP contribution is -1.99. The molecule has 0 fully saturated rings. The molecule has 4 aromatic rings. The summed E-state index contributed by atoms with van der Waals surface area (Å²) >= 11 is 0. The van der Waals surface area contributed by atoms with Gasteiger partial charge in [-0.25, -0.2) is 0 Å². The fraction of sp³-hybridized carbons (Fsp3) is 0.130. The standard InChI is InChI=1S/C23H20O3/c1-24-21-19-14-17-12-8-7-11-16(17)13-18(19)20(15-9-5-4-6-10-15)22(25-2)23(21)26-3/h4-14H,1-3H3. The lowest BCUT2D eigenvalue weighted by Gasteiger charge is -2.20. The fourth-order valence-electron chi connectivity index (χ4n) is 3.57. The summed E-state index contributed by atoms with van der Waals surface area (Å²) in [7, 11) is 4.97. The Balaban J connectivity index is 2.24. The number of benzene rings is 4. The summed E-state index contributed by atoms with van der Waals surface area (Å²) in [6, 6.07) is 22.9. The van der Waals surface area contributed by atoms with Gasteiger partial charge in [-0.1, -0.05) is 54.6 Å². The highest BCUT2D eigenvalue weighted by Crippen LogP contribution is 2.51. The smallest absolute Gasteiger partial charge is 0.204 e. The van der Waals surface area contributed by atoms with Crippen LogP contribution in [0.5, 0.6) is 17.2 Å². The quantitative estimate of drug-likeness (QED) is 0.445. The molecule has 3 heteroatoms. The highest BCUT2D eigenvalue weighted by Gasteiger charge is 2.23. The predicted molar refractivity (Wildman–Crippen MR) is 107 cm³/mol. The third kappa shape index (κ3) is 2.44. The molecule has 4 rings (SSSR count). The molecule has 0 saturated heterocycles. The number of methoxy groups -OCH3 is 3. The van der Waals surface area contributed by atoms with Gasteiger partial charge in [-0.3, -0.25) is 0 Å². The maximum atomic E-state index is 5.78. The molecule has 130 valence electrons. The third-order valence-corrected chi connectivity index (χ3v) is 4.71. The summed E-state index contributed by atoms with van der Waals surface area (Å²) < 4.78 is 17.2. The molecule has 0 unspecified atom stereocenters. The number of ether oxygens (including phenoxy) is 3. The van der Waals surface area contributed by atoms with E-state index < -0.39 is 0 Å². The summed E-state index contributed by atoms with van der Waals surface area (Å²) in [4.78, 5) is 0. The summed E-state index contributed by atoms with van der Waals surface area (Å²) in [5.74, 6) is 1.97. The van der Waals surface area contributed by atoms with E-state index >= 15 is 0 Å². The fourth-order valence-corrected chi connectivity index (χ4v) is 3.57. The van der Waals surface area contributed by atoms with Crippen LogP contribution in [0.4, 0.5) is 0 Å². The first-order chi connectivity index (χ1) is 12.8. The molecule has 0 heterocycles. The Bertz CT molecular complexity index is 1080. The van der Waals surface area contributed by atoms with Crippen LogP contribution in [0.25, 0.3) is 32.7 Å². The Morgan fingerprint density at radius 3 is 1.65 bits per heavy atom. The Morgan fingerprint density at radius 1 is 0.538 bits per heavy atom. The lowest BCUT2D eigenvalue weighted by molar-refractivity contribution is 0.328. The Morgan fingerprint density at radius 2 is 1.08 bits per heavy atom. The molecular formula is C23H20O3. The second-order valence-corrected chi connectivity index (χ2v) is 6.09. The largest absolute Gasteiger partial charge is 0.492 e. The average Bonchev–Trinajstić information content (AvgIpc) is 2.71. The van der Waals surface area contributed by atoms with Gasteiger partial charge in [0, 0.05) is 10.9 Å². The van der Waals surface area contributed by atoms with E-state index in [1.54, 1.807) is 21.3 Å². The Hall–Kier alpha value is -3.20. The van der Waals surface area contributed by atoms with Gasteiger partial charge in [-0.2, -0.15) is 0 Å². The van der Waals surface area contributed by atoms with Gasteiger partial charge in [-0.15, -0.1) is 0 Å². The minimum Gasteiger partial charge on any atom is -0.492 e. The van der Waals surface area contributed by atoms with Crippen LogP contribution in [0.1, 0.15) is 0 Å². The molecular weight excluding hydrogens is 324 g/mol. The zero-order chi connectivity index (χ0) is 18.1. The van der Waals surface area contributed by atoms with Gasteiger partial charge in [0.05, 0.1) is 21.3 Å². The van der Waals surface area contributed by atoms with Crippen molar-refractivity contribution in [2.45, 2.75) is 0 Å². The molecule has 0 aliphatic rings. The van der Waals surface area contributed by atoms with E-state index in [1.165, 1.54) is 5.39 Å². The van der Waals surface area contributed by atoms with Crippen molar-refractivity contribution in [3.63, 3.8) is 0 Å². The zero-order valence-electron chi connectivity index (χ0n) is 15.1. The second kappa shape index (κ2) is 6.60. The zero-order valence-corrected chi connectivity index (χ0v) is 15.1. The first-order valence-electron chi connectivity index (χ1n) is 8.48. The second-order valence-electron chi connectivity index (χ2n) is 6.09.